The van der Waals surface area contributed by atoms with Crippen molar-refractivity contribution < 1.29 is 9.84 Å². The van der Waals surface area contributed by atoms with Crippen LogP contribution in [0, 0.1) is 0 Å². The van der Waals surface area contributed by atoms with Crippen LogP contribution in [0.3, 0.4) is 0 Å². The molecule has 1 aliphatic rings. The standard InChI is InChI=1S/C18H29NO2/c1-13(2)15-5-7-16(8-6-15)21-17-9-10-18(11-17,12-20)19-14(3)4/h5-8,13-14,17,19-20H,9-12H2,1-4H3. The molecule has 2 rings (SSSR count). The van der Waals surface area contributed by atoms with E-state index in [4.69, 9.17) is 4.74 Å². The van der Waals surface area contributed by atoms with Gasteiger partial charge in [0.2, 0.25) is 0 Å². The third-order valence-electron chi connectivity index (χ3n) is 4.31. The Morgan fingerprint density at radius 2 is 1.90 bits per heavy atom. The van der Waals surface area contributed by atoms with E-state index in [-0.39, 0.29) is 18.2 Å². The maximum Gasteiger partial charge on any atom is 0.119 e. The minimum atomic E-state index is -0.170. The lowest BCUT2D eigenvalue weighted by Gasteiger charge is -2.30. The van der Waals surface area contributed by atoms with Crippen molar-refractivity contribution in [3.8, 4) is 5.75 Å². The van der Waals surface area contributed by atoms with E-state index in [9.17, 15) is 5.11 Å². The molecule has 0 saturated heterocycles. The quantitative estimate of drug-likeness (QED) is 0.843. The summed E-state index contributed by atoms with van der Waals surface area (Å²) < 4.78 is 6.10. The van der Waals surface area contributed by atoms with Gasteiger partial charge in [0.25, 0.3) is 0 Å². The third kappa shape index (κ3) is 4.21. The van der Waals surface area contributed by atoms with Crippen LogP contribution in [0.4, 0.5) is 0 Å². The van der Waals surface area contributed by atoms with Crippen LogP contribution in [0.2, 0.25) is 0 Å². The summed E-state index contributed by atoms with van der Waals surface area (Å²) >= 11 is 0. The van der Waals surface area contributed by atoms with Crippen LogP contribution in [0.25, 0.3) is 0 Å². The molecule has 0 aliphatic heterocycles. The Morgan fingerprint density at radius 1 is 1.24 bits per heavy atom. The SMILES string of the molecule is CC(C)NC1(CO)CCC(Oc2ccc(C(C)C)cc2)C1. The first-order valence-corrected chi connectivity index (χ1v) is 8.09. The summed E-state index contributed by atoms with van der Waals surface area (Å²) in [4.78, 5) is 0. The molecule has 118 valence electrons. The lowest BCUT2D eigenvalue weighted by molar-refractivity contribution is 0.133. The van der Waals surface area contributed by atoms with Crippen molar-refractivity contribution >= 4 is 0 Å². The molecule has 0 aromatic heterocycles. The summed E-state index contributed by atoms with van der Waals surface area (Å²) in [5.74, 6) is 1.48. The Kier molecular flexibility index (Phi) is 5.28. The topological polar surface area (TPSA) is 41.5 Å². The molecule has 1 saturated carbocycles. The van der Waals surface area contributed by atoms with E-state index in [1.165, 1.54) is 5.56 Å². The Labute approximate surface area is 128 Å². The fourth-order valence-corrected chi connectivity index (χ4v) is 3.23. The number of hydrogen-bond acceptors (Lipinski definition) is 3. The molecule has 2 N–H and O–H groups in total. The summed E-state index contributed by atoms with van der Waals surface area (Å²) in [6.07, 6.45) is 3.02. The van der Waals surface area contributed by atoms with Gasteiger partial charge in [0, 0.05) is 18.0 Å². The van der Waals surface area contributed by atoms with Crippen LogP contribution < -0.4 is 10.1 Å². The molecule has 0 amide bonds. The minimum Gasteiger partial charge on any atom is -0.490 e. The number of ether oxygens (including phenoxy) is 1. The van der Waals surface area contributed by atoms with E-state index in [0.29, 0.717) is 12.0 Å². The van der Waals surface area contributed by atoms with Crippen LogP contribution in [0.5, 0.6) is 5.75 Å². The molecule has 1 aliphatic carbocycles. The molecule has 0 radical (unpaired) electrons. The first kappa shape index (κ1) is 16.3. The molecular formula is C18H29NO2. The lowest BCUT2D eigenvalue weighted by Crippen LogP contribution is -2.50. The third-order valence-corrected chi connectivity index (χ3v) is 4.31. The first-order chi connectivity index (χ1) is 9.94. The van der Waals surface area contributed by atoms with E-state index >= 15 is 0 Å². The maximum absolute atomic E-state index is 9.73. The van der Waals surface area contributed by atoms with Gasteiger partial charge in [0.15, 0.2) is 0 Å². The van der Waals surface area contributed by atoms with Crippen molar-refractivity contribution in [1.82, 2.24) is 5.32 Å². The van der Waals surface area contributed by atoms with Crippen molar-refractivity contribution in [2.24, 2.45) is 0 Å². The lowest BCUT2D eigenvalue weighted by atomic mass is 9.97. The second-order valence-corrected chi connectivity index (χ2v) is 6.94. The van der Waals surface area contributed by atoms with Gasteiger partial charge < -0.3 is 15.2 Å². The van der Waals surface area contributed by atoms with Gasteiger partial charge in [-0.15, -0.1) is 0 Å². The number of aliphatic hydroxyl groups excluding tert-OH is 1. The smallest absolute Gasteiger partial charge is 0.119 e. The van der Waals surface area contributed by atoms with Crippen LogP contribution in [0.15, 0.2) is 24.3 Å². The fourth-order valence-electron chi connectivity index (χ4n) is 3.23. The number of nitrogens with one attached hydrogen (secondary N) is 1. The van der Waals surface area contributed by atoms with Gasteiger partial charge in [0.1, 0.15) is 11.9 Å². The molecule has 0 bridgehead atoms. The van der Waals surface area contributed by atoms with E-state index in [1.54, 1.807) is 0 Å². The van der Waals surface area contributed by atoms with Crippen LogP contribution in [0.1, 0.15) is 58.4 Å². The van der Waals surface area contributed by atoms with Gasteiger partial charge >= 0.3 is 0 Å². The van der Waals surface area contributed by atoms with Crippen molar-refractivity contribution in [2.75, 3.05) is 6.61 Å². The van der Waals surface area contributed by atoms with Crippen molar-refractivity contribution in [3.63, 3.8) is 0 Å². The summed E-state index contributed by atoms with van der Waals surface area (Å²) in [6.45, 7) is 8.81. The Morgan fingerprint density at radius 3 is 2.43 bits per heavy atom. The average molecular weight is 291 g/mol. The molecule has 2 atom stereocenters. The zero-order chi connectivity index (χ0) is 15.5. The van der Waals surface area contributed by atoms with Gasteiger partial charge in [-0.05, 0) is 36.5 Å². The van der Waals surface area contributed by atoms with E-state index < -0.39 is 0 Å². The molecule has 0 spiro atoms. The Bertz CT molecular complexity index is 441. The van der Waals surface area contributed by atoms with Crippen LogP contribution >= 0.6 is 0 Å². The summed E-state index contributed by atoms with van der Waals surface area (Å²) in [6, 6.07) is 8.77. The summed E-state index contributed by atoms with van der Waals surface area (Å²) in [7, 11) is 0. The minimum absolute atomic E-state index is 0.170. The van der Waals surface area contributed by atoms with Gasteiger partial charge in [-0.25, -0.2) is 0 Å². The Hall–Kier alpha value is -1.06. The zero-order valence-corrected chi connectivity index (χ0v) is 13.7. The van der Waals surface area contributed by atoms with Crippen molar-refractivity contribution in [2.45, 2.75) is 70.6 Å². The summed E-state index contributed by atoms with van der Waals surface area (Å²) in [5, 5.41) is 13.2. The number of aliphatic hydroxyl groups is 1. The van der Waals surface area contributed by atoms with Crippen LogP contribution in [-0.4, -0.2) is 29.4 Å². The van der Waals surface area contributed by atoms with E-state index in [1.807, 2.05) is 0 Å². The highest BCUT2D eigenvalue weighted by molar-refractivity contribution is 5.29. The molecule has 3 nitrogen and oxygen atoms in total. The Balaban J connectivity index is 1.95. The zero-order valence-electron chi connectivity index (χ0n) is 13.7. The average Bonchev–Trinajstić information content (AvgIpc) is 2.82. The monoisotopic (exact) mass is 291 g/mol. The predicted octanol–water partition coefficient (Wildman–Crippen LogP) is 3.47. The first-order valence-electron chi connectivity index (χ1n) is 8.09. The van der Waals surface area contributed by atoms with Gasteiger partial charge in [-0.3, -0.25) is 0 Å². The highest BCUT2D eigenvalue weighted by Gasteiger charge is 2.40. The molecule has 1 fully saturated rings. The highest BCUT2D eigenvalue weighted by Crippen LogP contribution is 2.33. The second-order valence-electron chi connectivity index (χ2n) is 6.94. The van der Waals surface area contributed by atoms with Gasteiger partial charge in [-0.2, -0.15) is 0 Å². The number of rotatable bonds is 6. The largest absolute Gasteiger partial charge is 0.490 e. The van der Waals surface area contributed by atoms with Crippen molar-refractivity contribution in [1.29, 1.82) is 0 Å². The molecule has 2 unspecified atom stereocenters. The van der Waals surface area contributed by atoms with Gasteiger partial charge in [0.05, 0.1) is 6.61 Å². The van der Waals surface area contributed by atoms with Crippen molar-refractivity contribution in [3.05, 3.63) is 29.8 Å². The van der Waals surface area contributed by atoms with E-state index in [0.717, 1.165) is 25.0 Å². The molecule has 0 heterocycles. The molecule has 3 heteroatoms. The maximum atomic E-state index is 9.73. The van der Waals surface area contributed by atoms with Gasteiger partial charge in [-0.1, -0.05) is 39.8 Å². The molecule has 21 heavy (non-hydrogen) atoms. The normalized spacial score (nSPS) is 25.8. The molecule has 1 aromatic rings. The summed E-state index contributed by atoms with van der Waals surface area (Å²) in [5.41, 5.74) is 1.16. The van der Waals surface area contributed by atoms with Crippen LogP contribution in [-0.2, 0) is 0 Å². The highest BCUT2D eigenvalue weighted by atomic mass is 16.5. The number of benzene rings is 1. The molecule has 1 aromatic carbocycles. The fraction of sp³-hybridized carbons (Fsp3) is 0.667. The number of hydrogen-bond donors (Lipinski definition) is 2. The van der Waals surface area contributed by atoms with E-state index in [2.05, 4.69) is 57.3 Å². The molecular weight excluding hydrogens is 262 g/mol. The predicted molar refractivity (Wildman–Crippen MR) is 86.9 cm³/mol. The second kappa shape index (κ2) is 6.80.